The molecule has 0 saturated carbocycles. The first-order chi connectivity index (χ1) is 7.56. The fourth-order valence-corrected chi connectivity index (χ4v) is 1.25. The van der Waals surface area contributed by atoms with E-state index >= 15 is 0 Å². The van der Waals surface area contributed by atoms with Crippen molar-refractivity contribution in [2.45, 2.75) is 19.9 Å². The van der Waals surface area contributed by atoms with Crippen molar-refractivity contribution in [3.05, 3.63) is 24.2 Å². The van der Waals surface area contributed by atoms with Crippen LogP contribution in [0.4, 0.5) is 0 Å². The maximum atomic E-state index is 12.0. The number of amidine groups is 1. The smallest absolute Gasteiger partial charge is 0.257 e. The van der Waals surface area contributed by atoms with Crippen LogP contribution in [0.15, 0.2) is 28.2 Å². The Kier molecular flexibility index (Phi) is 3.93. The van der Waals surface area contributed by atoms with Gasteiger partial charge in [0.2, 0.25) is 0 Å². The fourth-order valence-electron chi connectivity index (χ4n) is 1.25. The minimum absolute atomic E-state index is 0.00875. The Hall–Kier alpha value is -1.98. The largest absolute Gasteiger partial charge is 0.472 e. The number of rotatable bonds is 4. The Morgan fingerprint density at radius 2 is 2.38 bits per heavy atom. The molecule has 1 heterocycles. The first-order valence-corrected chi connectivity index (χ1v) is 4.85. The van der Waals surface area contributed by atoms with Gasteiger partial charge in [0.05, 0.1) is 18.4 Å². The van der Waals surface area contributed by atoms with Crippen molar-refractivity contribution in [1.82, 2.24) is 4.90 Å². The van der Waals surface area contributed by atoms with Gasteiger partial charge in [-0.1, -0.05) is 5.16 Å². The van der Waals surface area contributed by atoms with E-state index in [1.54, 1.807) is 6.07 Å². The van der Waals surface area contributed by atoms with Gasteiger partial charge in [-0.3, -0.25) is 4.79 Å². The summed E-state index contributed by atoms with van der Waals surface area (Å²) in [6.45, 7) is 3.78. The summed E-state index contributed by atoms with van der Waals surface area (Å²) in [5.41, 5.74) is 5.83. The summed E-state index contributed by atoms with van der Waals surface area (Å²) < 4.78 is 4.84. The molecule has 6 nitrogen and oxygen atoms in total. The van der Waals surface area contributed by atoms with E-state index in [2.05, 4.69) is 5.16 Å². The second kappa shape index (κ2) is 5.20. The van der Waals surface area contributed by atoms with Crippen LogP contribution in [-0.2, 0) is 0 Å². The van der Waals surface area contributed by atoms with Gasteiger partial charge in [-0.25, -0.2) is 0 Å². The molecule has 0 atom stereocenters. The van der Waals surface area contributed by atoms with Crippen molar-refractivity contribution in [2.24, 2.45) is 10.9 Å². The van der Waals surface area contributed by atoms with E-state index in [4.69, 9.17) is 15.4 Å². The summed E-state index contributed by atoms with van der Waals surface area (Å²) in [6.07, 6.45) is 2.79. The van der Waals surface area contributed by atoms with Gasteiger partial charge in [0, 0.05) is 6.04 Å². The van der Waals surface area contributed by atoms with Crippen molar-refractivity contribution in [3.63, 3.8) is 0 Å². The number of furan rings is 1. The molecule has 0 aliphatic rings. The zero-order valence-electron chi connectivity index (χ0n) is 9.25. The zero-order valence-corrected chi connectivity index (χ0v) is 9.25. The van der Waals surface area contributed by atoms with Crippen molar-refractivity contribution in [2.75, 3.05) is 6.54 Å². The average molecular weight is 225 g/mol. The van der Waals surface area contributed by atoms with Crippen LogP contribution in [0.2, 0.25) is 0 Å². The summed E-state index contributed by atoms with van der Waals surface area (Å²) in [6, 6.07) is 1.52. The molecule has 0 unspecified atom stereocenters. The topological polar surface area (TPSA) is 92.1 Å². The number of nitrogens with zero attached hydrogens (tertiary/aromatic N) is 2. The molecule has 16 heavy (non-hydrogen) atoms. The number of nitrogens with two attached hydrogens (primary N) is 1. The van der Waals surface area contributed by atoms with Crippen LogP contribution in [0, 0.1) is 0 Å². The number of oxime groups is 1. The summed E-state index contributed by atoms with van der Waals surface area (Å²) in [5, 5.41) is 11.3. The van der Waals surface area contributed by atoms with Crippen LogP contribution in [0.5, 0.6) is 0 Å². The molecule has 0 aliphatic heterocycles. The van der Waals surface area contributed by atoms with Crippen molar-refractivity contribution in [3.8, 4) is 0 Å². The number of amides is 1. The highest BCUT2D eigenvalue weighted by atomic mass is 16.4. The van der Waals surface area contributed by atoms with Crippen LogP contribution >= 0.6 is 0 Å². The molecule has 1 aromatic rings. The normalized spacial score (nSPS) is 11.8. The predicted molar refractivity (Wildman–Crippen MR) is 58.3 cm³/mol. The number of carbonyl (C=O) groups excluding carboxylic acids is 1. The highest BCUT2D eigenvalue weighted by molar-refractivity contribution is 5.96. The molecule has 1 amide bonds. The molecule has 0 radical (unpaired) electrons. The maximum Gasteiger partial charge on any atom is 0.257 e. The summed E-state index contributed by atoms with van der Waals surface area (Å²) >= 11 is 0. The van der Waals surface area contributed by atoms with Crippen LogP contribution in [0.3, 0.4) is 0 Å². The SMILES string of the molecule is CC(C)N(CC(N)=NO)C(=O)c1ccoc1. The maximum absolute atomic E-state index is 12.0. The van der Waals surface area contributed by atoms with Crippen molar-refractivity contribution in [1.29, 1.82) is 0 Å². The molecule has 88 valence electrons. The Balaban J connectivity index is 2.82. The second-order valence-corrected chi connectivity index (χ2v) is 3.63. The van der Waals surface area contributed by atoms with E-state index in [9.17, 15) is 4.79 Å². The Morgan fingerprint density at radius 1 is 1.69 bits per heavy atom. The molecule has 0 aromatic carbocycles. The summed E-state index contributed by atoms with van der Waals surface area (Å²) in [4.78, 5) is 13.5. The number of hydrogen-bond acceptors (Lipinski definition) is 4. The van der Waals surface area contributed by atoms with E-state index in [-0.39, 0.29) is 24.3 Å². The molecule has 0 aliphatic carbocycles. The summed E-state index contributed by atoms with van der Waals surface area (Å²) in [7, 11) is 0. The van der Waals surface area contributed by atoms with Gasteiger partial charge in [-0.05, 0) is 19.9 Å². The molecule has 1 rings (SSSR count). The van der Waals surface area contributed by atoms with Gasteiger partial charge in [-0.15, -0.1) is 0 Å². The first-order valence-electron chi connectivity index (χ1n) is 4.85. The van der Waals surface area contributed by atoms with Crippen LogP contribution in [0.1, 0.15) is 24.2 Å². The highest BCUT2D eigenvalue weighted by Crippen LogP contribution is 2.08. The van der Waals surface area contributed by atoms with E-state index in [1.165, 1.54) is 17.4 Å². The lowest BCUT2D eigenvalue weighted by molar-refractivity contribution is 0.0733. The molecule has 6 heteroatoms. The van der Waals surface area contributed by atoms with Gasteiger partial charge in [-0.2, -0.15) is 0 Å². The van der Waals surface area contributed by atoms with E-state index < -0.39 is 0 Å². The van der Waals surface area contributed by atoms with Crippen molar-refractivity contribution < 1.29 is 14.4 Å². The van der Waals surface area contributed by atoms with Gasteiger partial charge >= 0.3 is 0 Å². The predicted octanol–water partition coefficient (Wildman–Crippen LogP) is 0.877. The first kappa shape index (κ1) is 12.1. The third-order valence-corrected chi connectivity index (χ3v) is 2.11. The Bertz CT molecular complexity index is 371. The zero-order chi connectivity index (χ0) is 12.1. The third-order valence-electron chi connectivity index (χ3n) is 2.11. The third kappa shape index (κ3) is 2.75. The van der Waals surface area contributed by atoms with Gasteiger partial charge in [0.15, 0.2) is 5.84 Å². The quantitative estimate of drug-likeness (QED) is 0.344. The Labute approximate surface area is 93.3 Å². The molecule has 0 saturated heterocycles. The minimum Gasteiger partial charge on any atom is -0.472 e. The van der Waals surface area contributed by atoms with Crippen LogP contribution < -0.4 is 5.73 Å². The lowest BCUT2D eigenvalue weighted by atomic mass is 10.2. The lowest BCUT2D eigenvalue weighted by Crippen LogP contribution is -2.42. The van der Waals surface area contributed by atoms with E-state index in [0.29, 0.717) is 5.56 Å². The van der Waals surface area contributed by atoms with Gasteiger partial charge in [0.1, 0.15) is 6.26 Å². The molecule has 0 bridgehead atoms. The fraction of sp³-hybridized carbons (Fsp3) is 0.400. The standard InChI is InChI=1S/C10H15N3O3/c1-7(2)13(5-9(11)12-15)10(14)8-3-4-16-6-8/h3-4,6-7,15H,5H2,1-2H3,(H2,11,12). The lowest BCUT2D eigenvalue weighted by Gasteiger charge is -2.25. The minimum atomic E-state index is -0.213. The Morgan fingerprint density at radius 3 is 2.81 bits per heavy atom. The van der Waals surface area contributed by atoms with Crippen molar-refractivity contribution >= 4 is 11.7 Å². The molecule has 0 fully saturated rings. The highest BCUT2D eigenvalue weighted by Gasteiger charge is 2.20. The average Bonchev–Trinajstić information content (AvgIpc) is 2.77. The van der Waals surface area contributed by atoms with Gasteiger partial charge in [0.25, 0.3) is 5.91 Å². The van der Waals surface area contributed by atoms with E-state index in [0.717, 1.165) is 0 Å². The second-order valence-electron chi connectivity index (χ2n) is 3.63. The molecule has 3 N–H and O–H groups in total. The van der Waals surface area contributed by atoms with E-state index in [1.807, 2.05) is 13.8 Å². The molecular formula is C10H15N3O3. The number of hydrogen-bond donors (Lipinski definition) is 2. The number of carbonyl (C=O) groups is 1. The summed E-state index contributed by atoms with van der Waals surface area (Å²) in [5.74, 6) is -0.221. The monoisotopic (exact) mass is 225 g/mol. The molecular weight excluding hydrogens is 210 g/mol. The van der Waals surface area contributed by atoms with Crippen LogP contribution in [-0.4, -0.2) is 34.4 Å². The molecule has 1 aromatic heterocycles. The van der Waals surface area contributed by atoms with Gasteiger partial charge < -0.3 is 20.3 Å². The van der Waals surface area contributed by atoms with Crippen LogP contribution in [0.25, 0.3) is 0 Å². The molecule has 0 spiro atoms.